The summed E-state index contributed by atoms with van der Waals surface area (Å²) in [5.74, 6) is -1.69. The minimum absolute atomic E-state index is 0.163. The Morgan fingerprint density at radius 2 is 2.11 bits per heavy atom. The fourth-order valence-corrected chi connectivity index (χ4v) is 1.78. The first-order chi connectivity index (χ1) is 8.60. The summed E-state index contributed by atoms with van der Waals surface area (Å²) >= 11 is 3.48. The number of aromatic nitrogens is 3. The zero-order valence-corrected chi connectivity index (χ0v) is 11.4. The Labute approximate surface area is 112 Å². The second-order valence-electron chi connectivity index (χ2n) is 3.97. The highest BCUT2D eigenvalue weighted by Gasteiger charge is 2.10. The Morgan fingerprint density at radius 1 is 1.33 bits per heavy atom. The predicted octanol–water partition coefficient (Wildman–Crippen LogP) is 3.45. The van der Waals surface area contributed by atoms with E-state index in [-0.39, 0.29) is 4.83 Å². The van der Waals surface area contributed by atoms with E-state index in [1.165, 1.54) is 12.1 Å². The van der Waals surface area contributed by atoms with Crippen molar-refractivity contribution in [2.45, 2.75) is 24.7 Å². The summed E-state index contributed by atoms with van der Waals surface area (Å²) in [5, 5.41) is 7.97. The van der Waals surface area contributed by atoms with Crippen LogP contribution in [0.25, 0.3) is 0 Å². The Morgan fingerprint density at radius 3 is 2.78 bits per heavy atom. The molecule has 0 saturated carbocycles. The summed E-state index contributed by atoms with van der Waals surface area (Å²) in [4.78, 5) is 0.163. The fraction of sp³-hybridized carbons (Fsp3) is 0.333. The zero-order valence-electron chi connectivity index (χ0n) is 9.78. The van der Waals surface area contributed by atoms with Crippen molar-refractivity contribution >= 4 is 15.9 Å². The summed E-state index contributed by atoms with van der Waals surface area (Å²) in [6, 6.07) is 3.81. The molecule has 2 aromatic rings. The zero-order chi connectivity index (χ0) is 13.1. The maximum absolute atomic E-state index is 13.0. The monoisotopic (exact) mass is 315 g/mol. The highest BCUT2D eigenvalue weighted by Crippen LogP contribution is 2.23. The van der Waals surface area contributed by atoms with Gasteiger partial charge in [-0.1, -0.05) is 34.1 Å². The minimum atomic E-state index is -0.847. The Balaban J connectivity index is 2.13. The average molecular weight is 316 g/mol. The number of hydrogen-bond donors (Lipinski definition) is 0. The van der Waals surface area contributed by atoms with Gasteiger partial charge in [-0.25, -0.2) is 13.5 Å². The molecule has 0 bridgehead atoms. The molecule has 18 heavy (non-hydrogen) atoms. The summed E-state index contributed by atoms with van der Waals surface area (Å²) < 4.78 is 27.4. The van der Waals surface area contributed by atoms with E-state index in [1.54, 1.807) is 10.9 Å². The predicted molar refractivity (Wildman–Crippen MR) is 67.4 cm³/mol. The standard InChI is InChI=1S/C12H12BrF2N3/c1-2-9(13)12-7-18(17-16-12)6-8-3-4-10(14)11(15)5-8/h3-5,7,9H,2,6H2,1H3. The van der Waals surface area contributed by atoms with E-state index in [2.05, 4.69) is 26.2 Å². The molecule has 1 aromatic heterocycles. The first-order valence-corrected chi connectivity index (χ1v) is 6.49. The van der Waals surface area contributed by atoms with E-state index in [1.807, 2.05) is 6.92 Å². The lowest BCUT2D eigenvalue weighted by Crippen LogP contribution is -2.01. The van der Waals surface area contributed by atoms with Crippen molar-refractivity contribution < 1.29 is 8.78 Å². The first-order valence-electron chi connectivity index (χ1n) is 5.58. The van der Waals surface area contributed by atoms with Gasteiger partial charge >= 0.3 is 0 Å². The molecule has 0 saturated heterocycles. The van der Waals surface area contributed by atoms with Gasteiger partial charge in [-0.3, -0.25) is 0 Å². The number of rotatable bonds is 4. The van der Waals surface area contributed by atoms with Gasteiger partial charge in [0.05, 0.1) is 17.1 Å². The maximum atomic E-state index is 13.0. The van der Waals surface area contributed by atoms with Crippen LogP contribution in [-0.2, 0) is 6.54 Å². The number of benzene rings is 1. The molecule has 3 nitrogen and oxygen atoms in total. The van der Waals surface area contributed by atoms with Gasteiger partial charge < -0.3 is 0 Å². The van der Waals surface area contributed by atoms with Crippen molar-refractivity contribution in [1.82, 2.24) is 15.0 Å². The van der Waals surface area contributed by atoms with Crippen LogP contribution in [0.5, 0.6) is 0 Å². The van der Waals surface area contributed by atoms with Gasteiger partial charge in [0, 0.05) is 6.20 Å². The number of halogens is 3. The molecule has 0 aliphatic carbocycles. The molecule has 0 fully saturated rings. The van der Waals surface area contributed by atoms with Gasteiger partial charge in [-0.15, -0.1) is 5.10 Å². The molecule has 96 valence electrons. The summed E-state index contributed by atoms with van der Waals surface area (Å²) in [6.45, 7) is 2.40. The SMILES string of the molecule is CCC(Br)c1cn(Cc2ccc(F)c(F)c2)nn1. The van der Waals surface area contributed by atoms with Crippen molar-refractivity contribution in [3.05, 3.63) is 47.3 Å². The normalized spacial score (nSPS) is 12.7. The van der Waals surface area contributed by atoms with Crippen LogP contribution in [-0.4, -0.2) is 15.0 Å². The van der Waals surface area contributed by atoms with Gasteiger partial charge in [0.25, 0.3) is 0 Å². The molecule has 1 atom stereocenters. The second-order valence-corrected chi connectivity index (χ2v) is 5.07. The molecule has 2 rings (SSSR count). The van der Waals surface area contributed by atoms with Gasteiger partial charge in [0.1, 0.15) is 0 Å². The highest BCUT2D eigenvalue weighted by molar-refractivity contribution is 9.09. The van der Waals surface area contributed by atoms with E-state index >= 15 is 0 Å². The van der Waals surface area contributed by atoms with Crippen LogP contribution in [0, 0.1) is 11.6 Å². The van der Waals surface area contributed by atoms with Crippen LogP contribution < -0.4 is 0 Å². The number of alkyl halides is 1. The molecule has 0 aliphatic rings. The average Bonchev–Trinajstić information content (AvgIpc) is 2.81. The maximum Gasteiger partial charge on any atom is 0.159 e. The summed E-state index contributed by atoms with van der Waals surface area (Å²) in [5.41, 5.74) is 1.48. The topological polar surface area (TPSA) is 30.7 Å². The first kappa shape index (κ1) is 13.1. The van der Waals surface area contributed by atoms with Crippen molar-refractivity contribution in [3.8, 4) is 0 Å². The molecule has 0 radical (unpaired) electrons. The van der Waals surface area contributed by atoms with E-state index in [0.717, 1.165) is 18.2 Å². The molecular formula is C12H12BrF2N3. The summed E-state index contributed by atoms with van der Waals surface area (Å²) in [7, 11) is 0. The number of hydrogen-bond acceptors (Lipinski definition) is 2. The van der Waals surface area contributed by atoms with Crippen molar-refractivity contribution in [2.75, 3.05) is 0 Å². The van der Waals surface area contributed by atoms with Crippen LogP contribution in [0.2, 0.25) is 0 Å². The van der Waals surface area contributed by atoms with Crippen LogP contribution in [0.15, 0.2) is 24.4 Å². The third-order valence-electron chi connectivity index (χ3n) is 2.56. The smallest absolute Gasteiger partial charge is 0.159 e. The lowest BCUT2D eigenvalue weighted by atomic mass is 10.2. The molecular weight excluding hydrogens is 304 g/mol. The Bertz CT molecular complexity index is 542. The third-order valence-corrected chi connectivity index (χ3v) is 3.68. The van der Waals surface area contributed by atoms with Gasteiger partial charge in [0.15, 0.2) is 11.6 Å². The van der Waals surface area contributed by atoms with Gasteiger partial charge in [0.2, 0.25) is 0 Å². The lowest BCUT2D eigenvalue weighted by molar-refractivity contribution is 0.505. The van der Waals surface area contributed by atoms with E-state index < -0.39 is 11.6 Å². The molecule has 6 heteroatoms. The fourth-order valence-electron chi connectivity index (χ4n) is 1.57. The molecule has 0 N–H and O–H groups in total. The quantitative estimate of drug-likeness (QED) is 0.809. The number of nitrogens with zero attached hydrogens (tertiary/aromatic N) is 3. The van der Waals surface area contributed by atoms with Crippen LogP contribution in [0.1, 0.15) is 29.4 Å². The molecule has 0 aliphatic heterocycles. The second kappa shape index (κ2) is 5.56. The van der Waals surface area contributed by atoms with Gasteiger partial charge in [-0.2, -0.15) is 0 Å². The molecule has 1 aromatic carbocycles. The molecule has 0 amide bonds. The van der Waals surface area contributed by atoms with Crippen LogP contribution in [0.3, 0.4) is 0 Å². The van der Waals surface area contributed by atoms with Crippen LogP contribution in [0.4, 0.5) is 8.78 Å². The van der Waals surface area contributed by atoms with Crippen molar-refractivity contribution in [2.24, 2.45) is 0 Å². The molecule has 0 spiro atoms. The Kier molecular flexibility index (Phi) is 4.06. The van der Waals surface area contributed by atoms with E-state index in [9.17, 15) is 8.78 Å². The van der Waals surface area contributed by atoms with Crippen molar-refractivity contribution in [3.63, 3.8) is 0 Å². The van der Waals surface area contributed by atoms with E-state index in [4.69, 9.17) is 0 Å². The summed E-state index contributed by atoms with van der Waals surface area (Å²) in [6.07, 6.45) is 2.70. The third kappa shape index (κ3) is 2.93. The minimum Gasteiger partial charge on any atom is -0.248 e. The van der Waals surface area contributed by atoms with Crippen molar-refractivity contribution in [1.29, 1.82) is 0 Å². The Hall–Kier alpha value is -1.30. The largest absolute Gasteiger partial charge is 0.248 e. The molecule has 1 heterocycles. The van der Waals surface area contributed by atoms with Crippen LogP contribution >= 0.6 is 15.9 Å². The molecule has 1 unspecified atom stereocenters. The lowest BCUT2D eigenvalue weighted by Gasteiger charge is -2.02. The highest BCUT2D eigenvalue weighted by atomic mass is 79.9. The van der Waals surface area contributed by atoms with Gasteiger partial charge in [-0.05, 0) is 24.1 Å². The van der Waals surface area contributed by atoms with E-state index in [0.29, 0.717) is 12.1 Å².